The van der Waals surface area contributed by atoms with E-state index in [0.29, 0.717) is 4.88 Å². The van der Waals surface area contributed by atoms with Crippen molar-refractivity contribution in [3.05, 3.63) is 21.4 Å². The molecule has 23 heavy (non-hydrogen) atoms. The van der Waals surface area contributed by atoms with E-state index in [4.69, 9.17) is 4.74 Å². The lowest BCUT2D eigenvalue weighted by atomic mass is 9.99. The SMILES string of the molecule is CCN1CCN(C(=O)COC(=O)c2cc3c(s2)CCCC3)CC1. The molecule has 1 fully saturated rings. The molecule has 0 radical (unpaired) electrons. The van der Waals surface area contributed by atoms with Crippen LogP contribution >= 0.6 is 11.3 Å². The number of fused-ring (bicyclic) bond motifs is 1. The van der Waals surface area contributed by atoms with Crippen molar-refractivity contribution in [2.75, 3.05) is 39.3 Å². The minimum Gasteiger partial charge on any atom is -0.451 e. The van der Waals surface area contributed by atoms with Crippen molar-refractivity contribution in [3.63, 3.8) is 0 Å². The number of rotatable bonds is 4. The number of hydrogen-bond acceptors (Lipinski definition) is 5. The summed E-state index contributed by atoms with van der Waals surface area (Å²) in [5.74, 6) is -0.444. The summed E-state index contributed by atoms with van der Waals surface area (Å²) in [5.41, 5.74) is 1.29. The summed E-state index contributed by atoms with van der Waals surface area (Å²) in [6.45, 7) is 6.23. The second-order valence-corrected chi connectivity index (χ2v) is 7.29. The summed E-state index contributed by atoms with van der Waals surface area (Å²) >= 11 is 1.53. The van der Waals surface area contributed by atoms with Gasteiger partial charge in [-0.1, -0.05) is 6.92 Å². The van der Waals surface area contributed by atoms with Crippen molar-refractivity contribution in [1.29, 1.82) is 0 Å². The van der Waals surface area contributed by atoms with E-state index in [9.17, 15) is 9.59 Å². The highest BCUT2D eigenvalue weighted by Gasteiger charge is 2.23. The average Bonchev–Trinajstić information content (AvgIpc) is 3.03. The van der Waals surface area contributed by atoms with E-state index in [1.165, 1.54) is 34.6 Å². The van der Waals surface area contributed by atoms with Crippen LogP contribution in [0.3, 0.4) is 0 Å². The first-order valence-electron chi connectivity index (χ1n) is 8.46. The maximum Gasteiger partial charge on any atom is 0.348 e. The third-order valence-electron chi connectivity index (χ3n) is 4.70. The van der Waals surface area contributed by atoms with Gasteiger partial charge in [0.2, 0.25) is 0 Å². The van der Waals surface area contributed by atoms with Crippen LogP contribution in [-0.4, -0.2) is 61.0 Å². The van der Waals surface area contributed by atoms with Crippen LogP contribution in [0.1, 0.15) is 39.9 Å². The van der Waals surface area contributed by atoms with Crippen molar-refractivity contribution in [2.24, 2.45) is 0 Å². The van der Waals surface area contributed by atoms with Crippen LogP contribution in [0.4, 0.5) is 0 Å². The molecule has 126 valence electrons. The van der Waals surface area contributed by atoms with Gasteiger partial charge in [0.05, 0.1) is 0 Å². The predicted octanol–water partition coefficient (Wildman–Crippen LogP) is 1.95. The Kier molecular flexibility index (Phi) is 5.33. The van der Waals surface area contributed by atoms with Gasteiger partial charge in [0.1, 0.15) is 4.88 Å². The first kappa shape index (κ1) is 16.5. The molecule has 0 atom stereocenters. The lowest BCUT2D eigenvalue weighted by molar-refractivity contribution is -0.136. The summed E-state index contributed by atoms with van der Waals surface area (Å²) in [6, 6.07) is 1.95. The number of ether oxygens (including phenoxy) is 1. The van der Waals surface area contributed by atoms with Gasteiger partial charge in [0, 0.05) is 31.1 Å². The second kappa shape index (κ2) is 7.45. The Balaban J connectivity index is 1.49. The Labute approximate surface area is 141 Å². The molecular formula is C17H24N2O3S. The summed E-state index contributed by atoms with van der Waals surface area (Å²) in [7, 11) is 0. The molecule has 0 unspecified atom stereocenters. The monoisotopic (exact) mass is 336 g/mol. The number of esters is 1. The lowest BCUT2D eigenvalue weighted by Crippen LogP contribution is -2.49. The largest absolute Gasteiger partial charge is 0.451 e. The highest BCUT2D eigenvalue weighted by atomic mass is 32.1. The van der Waals surface area contributed by atoms with Gasteiger partial charge in [0.15, 0.2) is 6.61 Å². The fraction of sp³-hybridized carbons (Fsp3) is 0.647. The normalized spacial score (nSPS) is 18.6. The minimum atomic E-state index is -0.357. The molecule has 3 rings (SSSR count). The van der Waals surface area contributed by atoms with Crippen LogP contribution in [0.2, 0.25) is 0 Å². The highest BCUT2D eigenvalue weighted by molar-refractivity contribution is 7.14. The zero-order valence-corrected chi connectivity index (χ0v) is 14.5. The summed E-state index contributed by atoms with van der Waals surface area (Å²) in [6.07, 6.45) is 4.51. The van der Waals surface area contributed by atoms with Crippen molar-refractivity contribution < 1.29 is 14.3 Å². The standard InChI is InChI=1S/C17H24N2O3S/c1-2-18-7-9-19(10-8-18)16(20)12-22-17(21)15-11-13-5-3-4-6-14(13)23-15/h11H,2-10,12H2,1H3. The number of likely N-dealkylation sites (N-methyl/N-ethyl adjacent to an activating group) is 1. The fourth-order valence-electron chi connectivity index (χ4n) is 3.19. The molecule has 0 saturated carbocycles. The smallest absolute Gasteiger partial charge is 0.348 e. The molecule has 1 amide bonds. The second-order valence-electron chi connectivity index (χ2n) is 6.16. The molecular weight excluding hydrogens is 312 g/mol. The molecule has 1 saturated heterocycles. The summed E-state index contributed by atoms with van der Waals surface area (Å²) in [4.78, 5) is 30.4. The van der Waals surface area contributed by atoms with E-state index in [-0.39, 0.29) is 18.5 Å². The van der Waals surface area contributed by atoms with Gasteiger partial charge < -0.3 is 14.5 Å². The van der Waals surface area contributed by atoms with Crippen LogP contribution < -0.4 is 0 Å². The number of carbonyl (C=O) groups excluding carboxylic acids is 2. The fourth-order valence-corrected chi connectivity index (χ4v) is 4.34. The van der Waals surface area contributed by atoms with E-state index in [1.807, 2.05) is 6.07 Å². The van der Waals surface area contributed by atoms with Crippen molar-refractivity contribution in [1.82, 2.24) is 9.80 Å². The van der Waals surface area contributed by atoms with Crippen molar-refractivity contribution >= 4 is 23.2 Å². The number of aryl methyl sites for hydroxylation is 2. The zero-order valence-electron chi connectivity index (χ0n) is 13.7. The molecule has 0 N–H and O–H groups in total. The minimum absolute atomic E-state index is 0.0876. The molecule has 5 nitrogen and oxygen atoms in total. The molecule has 0 aromatic carbocycles. The van der Waals surface area contributed by atoms with Crippen LogP contribution in [0.5, 0.6) is 0 Å². The number of hydrogen-bond donors (Lipinski definition) is 0. The van der Waals surface area contributed by atoms with Crippen LogP contribution in [0.15, 0.2) is 6.07 Å². The molecule has 2 aliphatic rings. The Hall–Kier alpha value is -1.40. The molecule has 1 aliphatic carbocycles. The van der Waals surface area contributed by atoms with Gasteiger partial charge in [-0.25, -0.2) is 4.79 Å². The lowest BCUT2D eigenvalue weighted by Gasteiger charge is -2.33. The van der Waals surface area contributed by atoms with Gasteiger partial charge in [-0.15, -0.1) is 11.3 Å². The van der Waals surface area contributed by atoms with Gasteiger partial charge in [0.25, 0.3) is 5.91 Å². The van der Waals surface area contributed by atoms with E-state index in [0.717, 1.165) is 45.6 Å². The molecule has 2 heterocycles. The molecule has 0 bridgehead atoms. The topological polar surface area (TPSA) is 49.9 Å². The quantitative estimate of drug-likeness (QED) is 0.789. The number of nitrogens with zero attached hydrogens (tertiary/aromatic N) is 2. The molecule has 0 spiro atoms. The third-order valence-corrected chi connectivity index (χ3v) is 5.91. The zero-order chi connectivity index (χ0) is 16.2. The predicted molar refractivity (Wildman–Crippen MR) is 89.9 cm³/mol. The first-order chi connectivity index (χ1) is 11.2. The van der Waals surface area contributed by atoms with Crippen molar-refractivity contribution in [3.8, 4) is 0 Å². The van der Waals surface area contributed by atoms with E-state index in [1.54, 1.807) is 4.90 Å². The molecule has 6 heteroatoms. The molecule has 1 aliphatic heterocycles. The Morgan fingerprint density at radius 2 is 1.91 bits per heavy atom. The van der Waals surface area contributed by atoms with Crippen LogP contribution in [-0.2, 0) is 22.4 Å². The molecule has 1 aromatic heterocycles. The maximum atomic E-state index is 12.2. The van der Waals surface area contributed by atoms with Gasteiger partial charge in [-0.3, -0.25) is 4.79 Å². The molecule has 1 aromatic rings. The first-order valence-corrected chi connectivity index (χ1v) is 9.28. The Bertz CT molecular complexity index is 553. The van der Waals surface area contributed by atoms with Crippen LogP contribution in [0.25, 0.3) is 0 Å². The number of piperazine rings is 1. The number of amides is 1. The summed E-state index contributed by atoms with van der Waals surface area (Å²) < 4.78 is 5.24. The van der Waals surface area contributed by atoms with E-state index < -0.39 is 0 Å². The van der Waals surface area contributed by atoms with Gasteiger partial charge >= 0.3 is 5.97 Å². The Morgan fingerprint density at radius 1 is 1.17 bits per heavy atom. The van der Waals surface area contributed by atoms with Crippen molar-refractivity contribution in [2.45, 2.75) is 32.6 Å². The third kappa shape index (κ3) is 3.93. The number of thiophene rings is 1. The summed E-state index contributed by atoms with van der Waals surface area (Å²) in [5, 5.41) is 0. The number of carbonyl (C=O) groups is 2. The van der Waals surface area contributed by atoms with Gasteiger partial charge in [-0.2, -0.15) is 0 Å². The van der Waals surface area contributed by atoms with Crippen LogP contribution in [0, 0.1) is 0 Å². The average molecular weight is 336 g/mol. The van der Waals surface area contributed by atoms with Gasteiger partial charge in [-0.05, 0) is 43.9 Å². The van der Waals surface area contributed by atoms with E-state index >= 15 is 0 Å². The maximum absolute atomic E-state index is 12.2. The van der Waals surface area contributed by atoms with E-state index in [2.05, 4.69) is 11.8 Å². The highest BCUT2D eigenvalue weighted by Crippen LogP contribution is 2.30. The Morgan fingerprint density at radius 3 is 2.61 bits per heavy atom.